The molecular formula is C16H15FN4O2. The Morgan fingerprint density at radius 1 is 1.30 bits per heavy atom. The van der Waals surface area contributed by atoms with Crippen LogP contribution in [0.15, 0.2) is 30.6 Å². The predicted octanol–water partition coefficient (Wildman–Crippen LogP) is 2.41. The monoisotopic (exact) mass is 314 g/mol. The highest BCUT2D eigenvalue weighted by atomic mass is 19.1. The van der Waals surface area contributed by atoms with E-state index in [0.717, 1.165) is 16.6 Å². The third-order valence-electron chi connectivity index (χ3n) is 3.41. The summed E-state index contributed by atoms with van der Waals surface area (Å²) in [5, 5.41) is 3.43. The van der Waals surface area contributed by atoms with Crippen LogP contribution in [-0.4, -0.2) is 28.0 Å². The second kappa shape index (κ2) is 6.04. The fraction of sp³-hybridized carbons (Fsp3) is 0.188. The number of hydrogen-bond acceptors (Lipinski definition) is 4. The number of halogens is 1. The quantitative estimate of drug-likeness (QED) is 0.775. The zero-order valence-electron chi connectivity index (χ0n) is 12.7. The third kappa shape index (κ3) is 3.13. The van der Waals surface area contributed by atoms with E-state index in [9.17, 15) is 9.18 Å². The lowest BCUT2D eigenvalue weighted by molar-refractivity contribution is -0.119. The molecule has 0 saturated heterocycles. The summed E-state index contributed by atoms with van der Waals surface area (Å²) >= 11 is 0. The van der Waals surface area contributed by atoms with Crippen molar-refractivity contribution >= 4 is 16.8 Å². The minimum atomic E-state index is -0.387. The molecule has 2 heterocycles. The van der Waals surface area contributed by atoms with E-state index < -0.39 is 0 Å². The first-order valence-electron chi connectivity index (χ1n) is 6.99. The van der Waals surface area contributed by atoms with Crippen molar-refractivity contribution in [3.63, 3.8) is 0 Å². The number of nitrogens with zero attached hydrogens (tertiary/aromatic N) is 2. The first-order chi connectivity index (χ1) is 11.1. The molecule has 0 unspecified atom stereocenters. The Kier molecular flexibility index (Phi) is 3.92. The second-order valence-corrected chi connectivity index (χ2v) is 5.07. The number of nitrogens with one attached hydrogen (secondary N) is 2. The number of carbonyl (C=O) groups is 1. The normalized spacial score (nSPS) is 10.7. The molecule has 0 aliphatic carbocycles. The number of amides is 1. The molecule has 0 saturated carbocycles. The molecular weight excluding hydrogens is 299 g/mol. The summed E-state index contributed by atoms with van der Waals surface area (Å²) in [6, 6.07) is 4.92. The van der Waals surface area contributed by atoms with Crippen molar-refractivity contribution in [2.75, 3.05) is 7.11 Å². The predicted molar refractivity (Wildman–Crippen MR) is 83.4 cm³/mol. The Bertz CT molecular complexity index is 858. The number of benzene rings is 1. The number of carbonyl (C=O) groups excluding carboxylic acids is 1. The number of H-pyrrole nitrogens is 1. The van der Waals surface area contributed by atoms with Gasteiger partial charge >= 0.3 is 0 Å². The molecule has 23 heavy (non-hydrogen) atoms. The van der Waals surface area contributed by atoms with Gasteiger partial charge in [-0.25, -0.2) is 14.4 Å². The number of aromatic nitrogens is 3. The van der Waals surface area contributed by atoms with Gasteiger partial charge in [-0.2, -0.15) is 0 Å². The number of fused-ring (bicyclic) bond motifs is 1. The maximum atomic E-state index is 14.3. The maximum Gasteiger partial charge on any atom is 0.232 e. The SMILES string of the molecule is COc1cnc(-c2cc3[nH]c(CNC(C)=O)cc3cc2F)cn1. The lowest BCUT2D eigenvalue weighted by Gasteiger charge is -2.04. The Morgan fingerprint density at radius 2 is 2.13 bits per heavy atom. The van der Waals surface area contributed by atoms with Gasteiger partial charge in [-0.1, -0.05) is 0 Å². The molecule has 1 amide bonds. The van der Waals surface area contributed by atoms with E-state index in [-0.39, 0.29) is 11.7 Å². The van der Waals surface area contributed by atoms with Crippen LogP contribution in [-0.2, 0) is 11.3 Å². The first-order valence-corrected chi connectivity index (χ1v) is 6.99. The number of rotatable bonds is 4. The van der Waals surface area contributed by atoms with Crippen LogP contribution in [0.1, 0.15) is 12.6 Å². The number of methoxy groups -OCH3 is 1. The Balaban J connectivity index is 1.97. The number of ether oxygens (including phenoxy) is 1. The van der Waals surface area contributed by atoms with Crippen molar-refractivity contribution < 1.29 is 13.9 Å². The molecule has 1 aromatic carbocycles. The molecule has 118 valence electrons. The highest BCUT2D eigenvalue weighted by Gasteiger charge is 2.11. The van der Waals surface area contributed by atoms with E-state index in [4.69, 9.17) is 4.74 Å². The summed E-state index contributed by atoms with van der Waals surface area (Å²) in [4.78, 5) is 22.3. The van der Waals surface area contributed by atoms with Crippen molar-refractivity contribution in [2.45, 2.75) is 13.5 Å². The van der Waals surface area contributed by atoms with Crippen LogP contribution in [0, 0.1) is 5.82 Å². The van der Waals surface area contributed by atoms with E-state index in [1.54, 1.807) is 12.1 Å². The largest absolute Gasteiger partial charge is 0.480 e. The Labute approximate surface area is 131 Å². The van der Waals surface area contributed by atoms with Crippen LogP contribution in [0.5, 0.6) is 5.88 Å². The minimum absolute atomic E-state index is 0.121. The van der Waals surface area contributed by atoms with Crippen LogP contribution >= 0.6 is 0 Å². The van der Waals surface area contributed by atoms with Gasteiger partial charge in [0.05, 0.1) is 31.7 Å². The van der Waals surface area contributed by atoms with E-state index >= 15 is 0 Å². The zero-order chi connectivity index (χ0) is 16.4. The first kappa shape index (κ1) is 15.0. The van der Waals surface area contributed by atoms with E-state index in [1.807, 2.05) is 0 Å². The Morgan fingerprint density at radius 3 is 2.78 bits per heavy atom. The molecule has 2 aromatic heterocycles. The molecule has 0 fully saturated rings. The van der Waals surface area contributed by atoms with Gasteiger partial charge in [0.25, 0.3) is 0 Å². The smallest absolute Gasteiger partial charge is 0.232 e. The van der Waals surface area contributed by atoms with Crippen molar-refractivity contribution in [3.05, 3.63) is 42.1 Å². The molecule has 0 aliphatic rings. The molecule has 7 heteroatoms. The average molecular weight is 314 g/mol. The minimum Gasteiger partial charge on any atom is -0.480 e. The summed E-state index contributed by atoms with van der Waals surface area (Å²) in [6.45, 7) is 1.81. The molecule has 0 bridgehead atoms. The van der Waals surface area contributed by atoms with E-state index in [2.05, 4.69) is 20.3 Å². The lowest BCUT2D eigenvalue weighted by Crippen LogP contribution is -2.18. The van der Waals surface area contributed by atoms with Gasteiger partial charge in [-0.15, -0.1) is 0 Å². The molecule has 0 aliphatic heterocycles. The van der Waals surface area contributed by atoms with Gasteiger partial charge < -0.3 is 15.0 Å². The van der Waals surface area contributed by atoms with Gasteiger partial charge in [0.1, 0.15) is 5.82 Å². The molecule has 6 nitrogen and oxygen atoms in total. The van der Waals surface area contributed by atoms with Gasteiger partial charge in [0.2, 0.25) is 11.8 Å². The summed E-state index contributed by atoms with van der Waals surface area (Å²) in [5.41, 5.74) is 2.33. The lowest BCUT2D eigenvalue weighted by atomic mass is 10.1. The zero-order valence-corrected chi connectivity index (χ0v) is 12.7. The summed E-state index contributed by atoms with van der Waals surface area (Å²) < 4.78 is 19.3. The highest BCUT2D eigenvalue weighted by molar-refractivity contribution is 5.85. The molecule has 2 N–H and O–H groups in total. The number of hydrogen-bond donors (Lipinski definition) is 2. The highest BCUT2D eigenvalue weighted by Crippen LogP contribution is 2.27. The van der Waals surface area contributed by atoms with Crippen molar-refractivity contribution in [3.8, 4) is 17.1 Å². The van der Waals surface area contributed by atoms with Crippen molar-refractivity contribution in [1.82, 2.24) is 20.3 Å². The van der Waals surface area contributed by atoms with Crippen LogP contribution in [0.2, 0.25) is 0 Å². The summed E-state index contributed by atoms with van der Waals surface area (Å²) in [6.07, 6.45) is 2.90. The molecule has 3 aromatic rings. The number of aromatic amines is 1. The van der Waals surface area contributed by atoms with Crippen LogP contribution in [0.3, 0.4) is 0 Å². The van der Waals surface area contributed by atoms with Gasteiger partial charge in [0.15, 0.2) is 0 Å². The average Bonchev–Trinajstić information content (AvgIpc) is 2.94. The topological polar surface area (TPSA) is 79.9 Å². The third-order valence-corrected chi connectivity index (χ3v) is 3.41. The second-order valence-electron chi connectivity index (χ2n) is 5.07. The summed E-state index contributed by atoms with van der Waals surface area (Å²) in [5.74, 6) is -0.140. The fourth-order valence-electron chi connectivity index (χ4n) is 2.28. The van der Waals surface area contributed by atoms with E-state index in [0.29, 0.717) is 23.7 Å². The molecule has 0 spiro atoms. The van der Waals surface area contributed by atoms with Crippen LogP contribution in [0.4, 0.5) is 4.39 Å². The maximum absolute atomic E-state index is 14.3. The van der Waals surface area contributed by atoms with Gasteiger partial charge in [0, 0.05) is 29.1 Å². The van der Waals surface area contributed by atoms with Crippen LogP contribution in [0.25, 0.3) is 22.2 Å². The van der Waals surface area contributed by atoms with Crippen molar-refractivity contribution in [2.24, 2.45) is 0 Å². The standard InChI is InChI=1S/C16H15FN4O2/c1-9(22)18-6-11-3-10-4-13(17)12(5-14(10)21-11)15-7-20-16(23-2)8-19-15/h3-5,7-8,21H,6H2,1-2H3,(H,18,22). The van der Waals surface area contributed by atoms with Crippen LogP contribution < -0.4 is 10.1 Å². The fourth-order valence-corrected chi connectivity index (χ4v) is 2.28. The van der Waals surface area contributed by atoms with Gasteiger partial charge in [-0.3, -0.25) is 4.79 Å². The molecule has 0 atom stereocenters. The van der Waals surface area contributed by atoms with E-state index in [1.165, 1.54) is 32.5 Å². The summed E-state index contributed by atoms with van der Waals surface area (Å²) in [7, 11) is 1.49. The molecule has 3 rings (SSSR count). The van der Waals surface area contributed by atoms with Crippen molar-refractivity contribution in [1.29, 1.82) is 0 Å². The molecule has 0 radical (unpaired) electrons. The van der Waals surface area contributed by atoms with Gasteiger partial charge in [-0.05, 0) is 18.2 Å². The Hall–Kier alpha value is -2.96.